The van der Waals surface area contributed by atoms with E-state index in [9.17, 15) is 4.79 Å². The summed E-state index contributed by atoms with van der Waals surface area (Å²) < 4.78 is 9.94. The lowest BCUT2D eigenvalue weighted by molar-refractivity contribution is 0.0508. The number of hydrogen-bond donors (Lipinski definition) is 1. The molecule has 1 aromatic rings. The molecule has 18 heavy (non-hydrogen) atoms. The number of carbonyl (C=O) groups excluding carboxylic acids is 1. The van der Waals surface area contributed by atoms with Crippen molar-refractivity contribution in [1.82, 2.24) is 10.1 Å². The first kappa shape index (κ1) is 13.0. The van der Waals surface area contributed by atoms with Crippen LogP contribution in [0.3, 0.4) is 0 Å². The molecule has 1 aliphatic rings. The fraction of sp³-hybridized carbons (Fsp3) is 0.750. The third-order valence-corrected chi connectivity index (χ3v) is 3.48. The Morgan fingerprint density at radius 2 is 2.22 bits per heavy atom. The van der Waals surface area contributed by atoms with Gasteiger partial charge in [0.15, 0.2) is 0 Å². The molecule has 2 rings (SSSR count). The van der Waals surface area contributed by atoms with E-state index in [2.05, 4.69) is 17.1 Å². The molecule has 0 atom stereocenters. The van der Waals surface area contributed by atoms with Gasteiger partial charge in [-0.15, -0.1) is 0 Å². The van der Waals surface area contributed by atoms with Crippen molar-refractivity contribution in [1.29, 1.82) is 0 Å². The Bertz CT molecular complexity index is 422. The Hall–Kier alpha value is -1.43. The molecule has 0 aliphatic heterocycles. The molecular formula is C12H19N3O3. The van der Waals surface area contributed by atoms with E-state index in [1.807, 2.05) is 0 Å². The van der Waals surface area contributed by atoms with Crippen molar-refractivity contribution in [3.8, 4) is 0 Å². The van der Waals surface area contributed by atoms with Gasteiger partial charge in [-0.1, -0.05) is 6.92 Å². The molecule has 1 aromatic heterocycles. The van der Waals surface area contributed by atoms with E-state index in [-0.39, 0.29) is 12.4 Å². The van der Waals surface area contributed by atoms with E-state index in [1.54, 1.807) is 6.92 Å². The maximum atomic E-state index is 11.4. The minimum Gasteiger partial charge on any atom is -0.460 e. The number of carbonyl (C=O) groups is 1. The zero-order valence-corrected chi connectivity index (χ0v) is 10.8. The summed E-state index contributed by atoms with van der Waals surface area (Å²) in [6, 6.07) is 0. The Balaban J connectivity index is 2.12. The van der Waals surface area contributed by atoms with Crippen LogP contribution in [0.2, 0.25) is 0 Å². The van der Waals surface area contributed by atoms with E-state index >= 15 is 0 Å². The summed E-state index contributed by atoms with van der Waals surface area (Å²) in [7, 11) is 0. The predicted molar refractivity (Wildman–Crippen MR) is 63.8 cm³/mol. The molecular weight excluding hydrogens is 234 g/mol. The van der Waals surface area contributed by atoms with Crippen LogP contribution in [0.5, 0.6) is 0 Å². The van der Waals surface area contributed by atoms with E-state index in [0.717, 1.165) is 25.7 Å². The van der Waals surface area contributed by atoms with Gasteiger partial charge in [0, 0.05) is 0 Å². The fourth-order valence-electron chi connectivity index (χ4n) is 2.20. The quantitative estimate of drug-likeness (QED) is 0.823. The first-order chi connectivity index (χ1) is 8.55. The van der Waals surface area contributed by atoms with Gasteiger partial charge in [-0.2, -0.15) is 4.98 Å². The molecule has 0 radical (unpaired) electrons. The summed E-state index contributed by atoms with van der Waals surface area (Å²) in [5, 5.41) is 3.63. The lowest BCUT2D eigenvalue weighted by Crippen LogP contribution is -2.40. The van der Waals surface area contributed by atoms with E-state index in [4.69, 9.17) is 15.0 Å². The fourth-order valence-corrected chi connectivity index (χ4v) is 2.20. The van der Waals surface area contributed by atoms with Crippen molar-refractivity contribution in [3.05, 3.63) is 11.7 Å². The molecule has 0 amide bonds. The Labute approximate surface area is 106 Å². The van der Waals surface area contributed by atoms with Crippen LogP contribution in [-0.2, 0) is 10.3 Å². The molecule has 0 unspecified atom stereocenters. The molecule has 100 valence electrons. The van der Waals surface area contributed by atoms with Crippen LogP contribution in [0.4, 0.5) is 0 Å². The van der Waals surface area contributed by atoms with Gasteiger partial charge in [-0.25, -0.2) is 4.79 Å². The lowest BCUT2D eigenvalue weighted by atomic mass is 9.78. The summed E-state index contributed by atoms with van der Waals surface area (Å²) in [5.74, 6) is 0.405. The number of esters is 1. The summed E-state index contributed by atoms with van der Waals surface area (Å²) in [4.78, 5) is 15.5. The van der Waals surface area contributed by atoms with Crippen molar-refractivity contribution in [3.63, 3.8) is 0 Å². The zero-order valence-electron chi connectivity index (χ0n) is 10.8. The highest BCUT2D eigenvalue weighted by Gasteiger charge is 2.37. The second-order valence-corrected chi connectivity index (χ2v) is 4.98. The highest BCUT2D eigenvalue weighted by Crippen LogP contribution is 2.36. The van der Waals surface area contributed by atoms with Gasteiger partial charge in [0.05, 0.1) is 12.1 Å². The average molecular weight is 253 g/mol. The second-order valence-electron chi connectivity index (χ2n) is 4.98. The molecule has 6 nitrogen and oxygen atoms in total. The monoisotopic (exact) mass is 253 g/mol. The van der Waals surface area contributed by atoms with Crippen molar-refractivity contribution in [2.75, 3.05) is 6.61 Å². The maximum absolute atomic E-state index is 11.4. The summed E-state index contributed by atoms with van der Waals surface area (Å²) >= 11 is 0. The third-order valence-electron chi connectivity index (χ3n) is 3.48. The first-order valence-electron chi connectivity index (χ1n) is 6.35. The van der Waals surface area contributed by atoms with Gasteiger partial charge < -0.3 is 15.0 Å². The van der Waals surface area contributed by atoms with Crippen LogP contribution >= 0.6 is 0 Å². The molecule has 1 aliphatic carbocycles. The van der Waals surface area contributed by atoms with Crippen LogP contribution < -0.4 is 5.73 Å². The van der Waals surface area contributed by atoms with Crippen molar-refractivity contribution < 1.29 is 14.1 Å². The molecule has 1 heterocycles. The summed E-state index contributed by atoms with van der Waals surface area (Å²) in [6.07, 6.45) is 3.68. The van der Waals surface area contributed by atoms with E-state index in [0.29, 0.717) is 11.8 Å². The summed E-state index contributed by atoms with van der Waals surface area (Å²) in [5.41, 5.74) is 5.69. The highest BCUT2D eigenvalue weighted by atomic mass is 16.5. The smallest absolute Gasteiger partial charge is 0.379 e. The van der Waals surface area contributed by atoms with Gasteiger partial charge in [-0.3, -0.25) is 0 Å². The standard InChI is InChI=1S/C12H19N3O3/c1-3-17-10(16)9-14-11(18-15-9)12(13)6-4-8(2)5-7-12/h8H,3-7,13H2,1-2H3. The van der Waals surface area contributed by atoms with Gasteiger partial charge in [-0.05, 0) is 43.7 Å². The van der Waals surface area contributed by atoms with Crippen LogP contribution in [0.15, 0.2) is 4.52 Å². The number of nitrogens with two attached hydrogens (primary N) is 1. The lowest BCUT2D eigenvalue weighted by Gasteiger charge is -2.32. The highest BCUT2D eigenvalue weighted by molar-refractivity contribution is 5.84. The van der Waals surface area contributed by atoms with Gasteiger partial charge in [0.2, 0.25) is 5.89 Å². The summed E-state index contributed by atoms with van der Waals surface area (Å²) in [6.45, 7) is 4.22. The minimum atomic E-state index is -0.593. The van der Waals surface area contributed by atoms with Crippen molar-refractivity contribution >= 4 is 5.97 Å². The Morgan fingerprint density at radius 1 is 1.56 bits per heavy atom. The first-order valence-corrected chi connectivity index (χ1v) is 6.35. The van der Waals surface area contributed by atoms with Gasteiger partial charge in [0.25, 0.3) is 5.82 Å². The van der Waals surface area contributed by atoms with Gasteiger partial charge >= 0.3 is 5.97 Å². The zero-order chi connectivity index (χ0) is 13.2. The van der Waals surface area contributed by atoms with E-state index < -0.39 is 11.5 Å². The van der Waals surface area contributed by atoms with Crippen LogP contribution in [0, 0.1) is 5.92 Å². The topological polar surface area (TPSA) is 91.2 Å². The molecule has 1 saturated carbocycles. The number of rotatable bonds is 3. The maximum Gasteiger partial charge on any atom is 0.379 e. The van der Waals surface area contributed by atoms with E-state index in [1.165, 1.54) is 0 Å². The number of nitrogens with zero attached hydrogens (tertiary/aromatic N) is 2. The average Bonchev–Trinajstić information content (AvgIpc) is 2.84. The SMILES string of the molecule is CCOC(=O)c1noc(C2(N)CCC(C)CC2)n1. The number of aromatic nitrogens is 2. The Morgan fingerprint density at radius 3 is 2.83 bits per heavy atom. The molecule has 0 bridgehead atoms. The second kappa shape index (κ2) is 5.06. The molecule has 1 fully saturated rings. The molecule has 0 saturated heterocycles. The molecule has 6 heteroatoms. The van der Waals surface area contributed by atoms with Crippen molar-refractivity contribution in [2.45, 2.75) is 45.1 Å². The largest absolute Gasteiger partial charge is 0.460 e. The van der Waals surface area contributed by atoms with Crippen molar-refractivity contribution in [2.24, 2.45) is 11.7 Å². The molecule has 2 N–H and O–H groups in total. The third kappa shape index (κ3) is 2.53. The van der Waals surface area contributed by atoms with Crippen LogP contribution in [-0.4, -0.2) is 22.7 Å². The minimum absolute atomic E-state index is 0.0460. The Kier molecular flexibility index (Phi) is 3.65. The molecule has 0 spiro atoms. The number of hydrogen-bond acceptors (Lipinski definition) is 6. The number of ether oxygens (including phenoxy) is 1. The van der Waals surface area contributed by atoms with Gasteiger partial charge in [0.1, 0.15) is 0 Å². The van der Waals surface area contributed by atoms with Crippen LogP contribution in [0.25, 0.3) is 0 Å². The van der Waals surface area contributed by atoms with Crippen LogP contribution in [0.1, 0.15) is 56.0 Å². The normalized spacial score (nSPS) is 28.1. The predicted octanol–water partition coefficient (Wildman–Crippen LogP) is 1.61. The molecule has 0 aromatic carbocycles.